The van der Waals surface area contributed by atoms with Crippen LogP contribution in [0.3, 0.4) is 0 Å². The Morgan fingerprint density at radius 1 is 1.12 bits per heavy atom. The third-order valence-corrected chi connectivity index (χ3v) is 4.53. The molecule has 0 fully saturated rings. The molecule has 0 nitrogen and oxygen atoms in total. The summed E-state index contributed by atoms with van der Waals surface area (Å²) < 4.78 is 0. The third kappa shape index (κ3) is 2.68. The van der Waals surface area contributed by atoms with Gasteiger partial charge in [0.2, 0.25) is 0 Å². The zero-order chi connectivity index (χ0) is 12.3. The summed E-state index contributed by atoms with van der Waals surface area (Å²) in [5.74, 6) is 0. The molecule has 1 heteroatoms. The van der Waals surface area contributed by atoms with Crippen molar-refractivity contribution in [3.63, 3.8) is 0 Å². The molecule has 0 heterocycles. The highest BCUT2D eigenvalue weighted by atomic mass is 35.5. The second kappa shape index (κ2) is 5.44. The van der Waals surface area contributed by atoms with E-state index in [9.17, 15) is 0 Å². The van der Waals surface area contributed by atoms with E-state index in [0.717, 1.165) is 5.02 Å². The summed E-state index contributed by atoms with van der Waals surface area (Å²) >= 11 is 6.33. The molecule has 1 aliphatic rings. The van der Waals surface area contributed by atoms with Crippen LogP contribution in [0, 0.1) is 5.41 Å². The lowest BCUT2D eigenvalue weighted by Crippen LogP contribution is -2.21. The van der Waals surface area contributed by atoms with E-state index in [1.807, 2.05) is 6.07 Å². The largest absolute Gasteiger partial charge is 0.0840 e. The lowest BCUT2D eigenvalue weighted by molar-refractivity contribution is 0.245. The summed E-state index contributed by atoms with van der Waals surface area (Å²) in [7, 11) is 0. The number of fused-ring (bicyclic) bond motifs is 1. The molecule has 0 amide bonds. The fraction of sp³-hybridized carbons (Fsp3) is 0.625. The van der Waals surface area contributed by atoms with Gasteiger partial charge < -0.3 is 0 Å². The zero-order valence-electron chi connectivity index (χ0n) is 11.1. The summed E-state index contributed by atoms with van der Waals surface area (Å²) in [5.41, 5.74) is 3.44. The highest BCUT2D eigenvalue weighted by Crippen LogP contribution is 2.46. The zero-order valence-corrected chi connectivity index (χ0v) is 11.8. The van der Waals surface area contributed by atoms with Crippen LogP contribution in [0.15, 0.2) is 18.2 Å². The molecule has 17 heavy (non-hydrogen) atoms. The monoisotopic (exact) mass is 250 g/mol. The first kappa shape index (κ1) is 13.0. The summed E-state index contributed by atoms with van der Waals surface area (Å²) in [6.07, 6.45) is 9.10. The van der Waals surface area contributed by atoms with Gasteiger partial charge in [-0.25, -0.2) is 0 Å². The van der Waals surface area contributed by atoms with E-state index in [2.05, 4.69) is 26.0 Å². The minimum absolute atomic E-state index is 0.512. The molecule has 1 aliphatic carbocycles. The van der Waals surface area contributed by atoms with Crippen molar-refractivity contribution in [2.45, 2.75) is 58.8 Å². The number of benzene rings is 1. The van der Waals surface area contributed by atoms with Gasteiger partial charge in [-0.15, -0.1) is 0 Å². The van der Waals surface area contributed by atoms with Gasteiger partial charge in [0.15, 0.2) is 0 Å². The van der Waals surface area contributed by atoms with Gasteiger partial charge in [0.25, 0.3) is 0 Å². The van der Waals surface area contributed by atoms with Crippen molar-refractivity contribution in [1.82, 2.24) is 0 Å². The fourth-order valence-electron chi connectivity index (χ4n) is 3.37. The fourth-order valence-corrected chi connectivity index (χ4v) is 3.63. The van der Waals surface area contributed by atoms with Crippen LogP contribution in [-0.4, -0.2) is 0 Å². The van der Waals surface area contributed by atoms with Crippen molar-refractivity contribution in [3.05, 3.63) is 34.3 Å². The minimum atomic E-state index is 0.512. The van der Waals surface area contributed by atoms with E-state index in [4.69, 9.17) is 11.6 Å². The summed E-state index contributed by atoms with van der Waals surface area (Å²) in [4.78, 5) is 0. The highest BCUT2D eigenvalue weighted by molar-refractivity contribution is 6.31. The van der Waals surface area contributed by atoms with Crippen LogP contribution in [0.5, 0.6) is 0 Å². The lowest BCUT2D eigenvalue weighted by atomic mass is 9.76. The average molecular weight is 251 g/mol. The molecule has 0 saturated heterocycles. The van der Waals surface area contributed by atoms with Crippen LogP contribution in [0.1, 0.15) is 57.1 Å². The van der Waals surface area contributed by atoms with Crippen molar-refractivity contribution in [1.29, 1.82) is 0 Å². The quantitative estimate of drug-likeness (QED) is 0.655. The normalized spacial score (nSPS) is 22.8. The molecule has 0 radical (unpaired) electrons. The molecule has 0 spiro atoms. The molecule has 1 aromatic carbocycles. The number of hydrogen-bond acceptors (Lipinski definition) is 0. The first-order valence-electron chi connectivity index (χ1n) is 6.97. The summed E-state index contributed by atoms with van der Waals surface area (Å²) in [6.45, 7) is 4.59. The van der Waals surface area contributed by atoms with Crippen molar-refractivity contribution >= 4 is 11.6 Å². The maximum absolute atomic E-state index is 6.33. The van der Waals surface area contributed by atoms with E-state index in [1.54, 1.807) is 0 Å². The molecule has 1 unspecified atom stereocenters. The van der Waals surface area contributed by atoms with E-state index in [1.165, 1.54) is 56.1 Å². The molecule has 0 aromatic heterocycles. The molecule has 0 N–H and O–H groups in total. The molecular weight excluding hydrogens is 228 g/mol. The number of halogens is 1. The van der Waals surface area contributed by atoms with Crippen LogP contribution in [0.2, 0.25) is 5.02 Å². The highest BCUT2D eigenvalue weighted by Gasteiger charge is 2.36. The number of hydrogen-bond donors (Lipinski definition) is 0. The van der Waals surface area contributed by atoms with Crippen LogP contribution in [0.25, 0.3) is 0 Å². The molecule has 2 rings (SSSR count). The standard InChI is InChI=1S/C16H23Cl/c1-3-5-10-16(9-4-2)11-13-7-6-8-15(17)14(13)12-16/h6-8H,3-5,9-12H2,1-2H3. The Bertz CT molecular complexity index is 383. The van der Waals surface area contributed by atoms with Gasteiger partial charge in [-0.2, -0.15) is 0 Å². The van der Waals surface area contributed by atoms with E-state index >= 15 is 0 Å². The van der Waals surface area contributed by atoms with E-state index < -0.39 is 0 Å². The first-order chi connectivity index (χ1) is 8.21. The molecule has 0 bridgehead atoms. The Labute approximate surface area is 110 Å². The Morgan fingerprint density at radius 3 is 2.59 bits per heavy atom. The van der Waals surface area contributed by atoms with Crippen molar-refractivity contribution < 1.29 is 0 Å². The van der Waals surface area contributed by atoms with Crippen LogP contribution >= 0.6 is 11.6 Å². The first-order valence-corrected chi connectivity index (χ1v) is 7.35. The van der Waals surface area contributed by atoms with Crippen molar-refractivity contribution in [2.24, 2.45) is 5.41 Å². The summed E-state index contributed by atoms with van der Waals surface area (Å²) in [5, 5.41) is 0.983. The number of rotatable bonds is 5. The number of unbranched alkanes of at least 4 members (excludes halogenated alkanes) is 1. The Balaban J connectivity index is 2.21. The van der Waals surface area contributed by atoms with E-state index in [-0.39, 0.29) is 0 Å². The lowest BCUT2D eigenvalue weighted by Gasteiger charge is -2.28. The second-order valence-electron chi connectivity index (χ2n) is 5.58. The SMILES string of the molecule is CCCCC1(CCC)Cc2cccc(Cl)c2C1. The predicted octanol–water partition coefficient (Wildman–Crippen LogP) is 5.42. The Kier molecular flexibility index (Phi) is 4.14. The maximum atomic E-state index is 6.33. The van der Waals surface area contributed by atoms with Crippen LogP contribution in [-0.2, 0) is 12.8 Å². The minimum Gasteiger partial charge on any atom is -0.0840 e. The molecule has 1 aromatic rings. The van der Waals surface area contributed by atoms with Gasteiger partial charge in [-0.05, 0) is 48.3 Å². The van der Waals surface area contributed by atoms with Gasteiger partial charge in [-0.3, -0.25) is 0 Å². The predicted molar refractivity (Wildman–Crippen MR) is 75.7 cm³/mol. The van der Waals surface area contributed by atoms with Crippen molar-refractivity contribution in [3.8, 4) is 0 Å². The van der Waals surface area contributed by atoms with Crippen LogP contribution in [0.4, 0.5) is 0 Å². The molecule has 0 aliphatic heterocycles. The van der Waals surface area contributed by atoms with Gasteiger partial charge in [0.1, 0.15) is 0 Å². The molecule has 1 atom stereocenters. The summed E-state index contributed by atoms with van der Waals surface area (Å²) in [6, 6.07) is 6.41. The maximum Gasteiger partial charge on any atom is 0.0440 e. The molecule has 94 valence electrons. The average Bonchev–Trinajstić information content (AvgIpc) is 2.68. The van der Waals surface area contributed by atoms with Gasteiger partial charge in [0, 0.05) is 5.02 Å². The van der Waals surface area contributed by atoms with Gasteiger partial charge in [-0.1, -0.05) is 56.8 Å². The van der Waals surface area contributed by atoms with Crippen molar-refractivity contribution in [2.75, 3.05) is 0 Å². The molecule has 0 saturated carbocycles. The Morgan fingerprint density at radius 2 is 1.94 bits per heavy atom. The van der Waals surface area contributed by atoms with Crippen LogP contribution < -0.4 is 0 Å². The van der Waals surface area contributed by atoms with Gasteiger partial charge >= 0.3 is 0 Å². The Hall–Kier alpha value is -0.490. The second-order valence-corrected chi connectivity index (χ2v) is 5.99. The third-order valence-electron chi connectivity index (χ3n) is 4.17. The topological polar surface area (TPSA) is 0 Å². The molecular formula is C16H23Cl. The van der Waals surface area contributed by atoms with Gasteiger partial charge in [0.05, 0.1) is 0 Å². The van der Waals surface area contributed by atoms with E-state index in [0.29, 0.717) is 5.41 Å². The smallest absolute Gasteiger partial charge is 0.0440 e.